The van der Waals surface area contributed by atoms with Crippen LogP contribution in [0.25, 0.3) is 11.2 Å². The fourth-order valence-electron chi connectivity index (χ4n) is 4.54. The molecule has 1 unspecified atom stereocenters. The first-order valence-corrected chi connectivity index (χ1v) is 16.4. The fourth-order valence-corrected chi connectivity index (χ4v) is 5.90. The Kier molecular flexibility index (Phi) is 8.29. The van der Waals surface area contributed by atoms with E-state index in [2.05, 4.69) is 61.1 Å². The third kappa shape index (κ3) is 6.00. The van der Waals surface area contributed by atoms with Crippen molar-refractivity contribution >= 4 is 37.0 Å². The Bertz CT molecular complexity index is 1400. The second-order valence-electron chi connectivity index (χ2n) is 11.6. The molecule has 0 aliphatic carbocycles. The monoisotopic (exact) mass is 570 g/mol. The SMILES string of the molecule is CC[C@H]1O[C@@H](n2cnc3c(OC(C)c4ccccc4[N+](=O)[O-])nc(NC(C)=O)nc32)C[C@H]1O[Si](C)(C)C(C)(C)C. The van der Waals surface area contributed by atoms with Crippen LogP contribution in [0.2, 0.25) is 18.1 Å². The fraction of sp³-hybridized carbons (Fsp3) is 0.556. The molecule has 0 bridgehead atoms. The summed E-state index contributed by atoms with van der Waals surface area (Å²) >= 11 is 0. The summed E-state index contributed by atoms with van der Waals surface area (Å²) < 4.78 is 21.1. The number of fused-ring (bicyclic) bond motifs is 1. The van der Waals surface area contributed by atoms with Crippen LogP contribution in [0.1, 0.15) is 72.3 Å². The first-order chi connectivity index (χ1) is 18.7. The molecule has 1 aliphatic rings. The lowest BCUT2D eigenvalue weighted by atomic mass is 10.1. The van der Waals surface area contributed by atoms with E-state index in [-0.39, 0.29) is 40.7 Å². The number of nitro groups is 1. The third-order valence-corrected chi connectivity index (χ3v) is 12.2. The Morgan fingerprint density at radius 2 is 2.00 bits per heavy atom. The molecule has 0 spiro atoms. The molecule has 1 fully saturated rings. The lowest BCUT2D eigenvalue weighted by Crippen LogP contribution is -2.45. The van der Waals surface area contributed by atoms with Gasteiger partial charge in [-0.25, -0.2) is 4.98 Å². The minimum Gasteiger partial charge on any atom is -0.468 e. The number of amides is 1. The van der Waals surface area contributed by atoms with E-state index in [0.29, 0.717) is 23.1 Å². The van der Waals surface area contributed by atoms with Gasteiger partial charge in [0.1, 0.15) is 12.3 Å². The van der Waals surface area contributed by atoms with E-state index in [0.717, 1.165) is 6.42 Å². The first kappa shape index (κ1) is 29.6. The molecule has 0 saturated carbocycles. The number of para-hydroxylation sites is 1. The summed E-state index contributed by atoms with van der Waals surface area (Å²) in [5.74, 6) is -0.225. The normalized spacial score (nSPS) is 20.4. The van der Waals surface area contributed by atoms with Gasteiger partial charge in [-0.1, -0.05) is 39.8 Å². The highest BCUT2D eigenvalue weighted by Crippen LogP contribution is 2.42. The Morgan fingerprint density at radius 3 is 2.62 bits per heavy atom. The number of imidazole rings is 1. The van der Waals surface area contributed by atoms with E-state index in [4.69, 9.17) is 13.9 Å². The predicted octanol–water partition coefficient (Wildman–Crippen LogP) is 5.92. The Morgan fingerprint density at radius 1 is 1.30 bits per heavy atom. The first-order valence-electron chi connectivity index (χ1n) is 13.5. The van der Waals surface area contributed by atoms with Crippen LogP contribution >= 0.6 is 0 Å². The van der Waals surface area contributed by atoms with Gasteiger partial charge in [0.25, 0.3) is 5.69 Å². The minimum atomic E-state index is -2.04. The van der Waals surface area contributed by atoms with Crippen molar-refractivity contribution in [2.45, 2.75) is 97.1 Å². The molecule has 216 valence electrons. The van der Waals surface area contributed by atoms with Gasteiger partial charge in [-0.05, 0) is 37.5 Å². The van der Waals surface area contributed by atoms with Gasteiger partial charge in [0.2, 0.25) is 17.7 Å². The number of rotatable bonds is 9. The van der Waals surface area contributed by atoms with Gasteiger partial charge < -0.3 is 13.9 Å². The van der Waals surface area contributed by atoms with Crippen LogP contribution in [-0.2, 0) is 14.0 Å². The van der Waals surface area contributed by atoms with Crippen molar-refractivity contribution in [1.82, 2.24) is 19.5 Å². The van der Waals surface area contributed by atoms with Gasteiger partial charge in [-0.3, -0.25) is 24.8 Å². The van der Waals surface area contributed by atoms with Crippen molar-refractivity contribution < 1.29 is 23.6 Å². The molecule has 2 aromatic heterocycles. The number of nitrogens with one attached hydrogen (secondary N) is 1. The number of anilines is 1. The maximum Gasteiger partial charge on any atom is 0.276 e. The highest BCUT2D eigenvalue weighted by molar-refractivity contribution is 6.74. The van der Waals surface area contributed by atoms with Crippen molar-refractivity contribution in [1.29, 1.82) is 0 Å². The van der Waals surface area contributed by atoms with E-state index in [1.807, 2.05) is 4.57 Å². The molecule has 0 radical (unpaired) electrons. The number of aromatic nitrogens is 4. The van der Waals surface area contributed by atoms with E-state index in [9.17, 15) is 14.9 Å². The lowest BCUT2D eigenvalue weighted by molar-refractivity contribution is -0.386. The molecule has 1 saturated heterocycles. The van der Waals surface area contributed by atoms with E-state index in [1.54, 1.807) is 31.5 Å². The molecule has 3 heterocycles. The molecular formula is C27H38N6O6Si. The molecule has 1 aromatic carbocycles. The minimum absolute atomic E-state index is 0.0330. The highest BCUT2D eigenvalue weighted by atomic mass is 28.4. The Hall–Kier alpha value is -3.42. The molecule has 4 atom stereocenters. The Balaban J connectivity index is 1.70. The number of carbonyl (C=O) groups excluding carboxylic acids is 1. The smallest absolute Gasteiger partial charge is 0.276 e. The topological polar surface area (TPSA) is 144 Å². The number of nitrogens with zero attached hydrogens (tertiary/aromatic N) is 5. The molecule has 4 rings (SSSR count). The van der Waals surface area contributed by atoms with Gasteiger partial charge in [0.05, 0.1) is 29.0 Å². The molecule has 40 heavy (non-hydrogen) atoms. The zero-order valence-electron chi connectivity index (χ0n) is 24.3. The van der Waals surface area contributed by atoms with Gasteiger partial charge in [0.15, 0.2) is 19.5 Å². The number of ether oxygens (including phenoxy) is 2. The summed E-state index contributed by atoms with van der Waals surface area (Å²) in [6.45, 7) is 16.2. The van der Waals surface area contributed by atoms with Crippen LogP contribution < -0.4 is 10.1 Å². The number of carbonyl (C=O) groups is 1. The second kappa shape index (κ2) is 11.2. The number of hydrogen-bond donors (Lipinski definition) is 1. The van der Waals surface area contributed by atoms with Crippen LogP contribution in [0.3, 0.4) is 0 Å². The summed E-state index contributed by atoms with van der Waals surface area (Å²) in [6, 6.07) is 6.36. The number of nitro benzene ring substituents is 1. The van der Waals surface area contributed by atoms with Crippen LogP contribution in [0.15, 0.2) is 30.6 Å². The van der Waals surface area contributed by atoms with Gasteiger partial charge >= 0.3 is 0 Å². The van der Waals surface area contributed by atoms with Crippen molar-refractivity contribution in [3.63, 3.8) is 0 Å². The molecular weight excluding hydrogens is 532 g/mol. The van der Waals surface area contributed by atoms with Gasteiger partial charge in [-0.2, -0.15) is 9.97 Å². The Labute approximate surface area is 234 Å². The van der Waals surface area contributed by atoms with E-state index < -0.39 is 25.6 Å². The van der Waals surface area contributed by atoms with Gasteiger partial charge in [0, 0.05) is 19.4 Å². The highest BCUT2D eigenvalue weighted by Gasteiger charge is 2.45. The quantitative estimate of drug-likeness (QED) is 0.188. The molecule has 13 heteroatoms. The molecule has 1 amide bonds. The van der Waals surface area contributed by atoms with Crippen LogP contribution in [0.5, 0.6) is 5.88 Å². The third-order valence-electron chi connectivity index (χ3n) is 7.68. The molecule has 12 nitrogen and oxygen atoms in total. The van der Waals surface area contributed by atoms with Crippen molar-refractivity contribution in [2.75, 3.05) is 5.32 Å². The summed E-state index contributed by atoms with van der Waals surface area (Å²) in [4.78, 5) is 36.5. The zero-order valence-corrected chi connectivity index (χ0v) is 25.3. The van der Waals surface area contributed by atoms with Crippen LogP contribution in [0, 0.1) is 10.1 Å². The van der Waals surface area contributed by atoms with Crippen molar-refractivity contribution in [3.05, 3.63) is 46.3 Å². The van der Waals surface area contributed by atoms with E-state index >= 15 is 0 Å². The largest absolute Gasteiger partial charge is 0.468 e. The molecule has 1 N–H and O–H groups in total. The summed E-state index contributed by atoms with van der Waals surface area (Å²) in [6.07, 6.45) is 1.71. The van der Waals surface area contributed by atoms with Crippen LogP contribution in [-0.4, -0.2) is 50.9 Å². The maximum absolute atomic E-state index is 11.9. The van der Waals surface area contributed by atoms with Crippen LogP contribution in [0.4, 0.5) is 11.6 Å². The number of hydrogen-bond acceptors (Lipinski definition) is 9. The standard InChI is InChI=1S/C27H38N6O6Si/c1-9-20-21(39-40(7,8)27(4,5)6)14-22(38-20)32-15-28-23-24(32)30-26(29-17(3)34)31-25(23)37-16(2)18-12-10-11-13-19(18)33(35)36/h10-13,15-16,20-22H,9,14H2,1-8H3,(H,29,30,31,34)/t16?,20-,21-,22-/m1/s1. The maximum atomic E-state index is 11.9. The van der Waals surface area contributed by atoms with Gasteiger partial charge in [-0.15, -0.1) is 0 Å². The molecule has 1 aliphatic heterocycles. The summed E-state index contributed by atoms with van der Waals surface area (Å²) in [5, 5.41) is 14.2. The van der Waals surface area contributed by atoms with E-state index in [1.165, 1.54) is 13.0 Å². The predicted molar refractivity (Wildman–Crippen MR) is 153 cm³/mol. The second-order valence-corrected chi connectivity index (χ2v) is 16.4. The van der Waals surface area contributed by atoms with Crippen molar-refractivity contribution in [3.8, 4) is 5.88 Å². The lowest BCUT2D eigenvalue weighted by Gasteiger charge is -2.39. The summed E-state index contributed by atoms with van der Waals surface area (Å²) in [5.41, 5.74) is 1.09. The average molecular weight is 571 g/mol. The summed E-state index contributed by atoms with van der Waals surface area (Å²) in [7, 11) is -2.04. The zero-order chi connectivity index (χ0) is 29.4. The van der Waals surface area contributed by atoms with Crippen molar-refractivity contribution in [2.24, 2.45) is 0 Å². The average Bonchev–Trinajstić information content (AvgIpc) is 3.46. The number of benzene rings is 1. The molecule has 3 aromatic rings.